The van der Waals surface area contributed by atoms with E-state index in [1.807, 2.05) is 30.1 Å². The van der Waals surface area contributed by atoms with E-state index in [1.54, 1.807) is 0 Å². The summed E-state index contributed by atoms with van der Waals surface area (Å²) < 4.78 is 0. The second kappa shape index (κ2) is 7.81. The van der Waals surface area contributed by atoms with Gasteiger partial charge in [0, 0.05) is 19.6 Å². The van der Waals surface area contributed by atoms with Crippen molar-refractivity contribution in [3.05, 3.63) is 35.9 Å². The zero-order chi connectivity index (χ0) is 13.4. The maximum atomic E-state index is 11.1. The van der Waals surface area contributed by atoms with Gasteiger partial charge in [-0.3, -0.25) is 15.1 Å². The highest BCUT2D eigenvalue weighted by atomic mass is 16.2. The fourth-order valence-electron chi connectivity index (χ4n) is 1.69. The molecule has 0 radical (unpaired) electrons. The summed E-state index contributed by atoms with van der Waals surface area (Å²) in [4.78, 5) is 15.2. The van der Waals surface area contributed by atoms with Crippen LogP contribution >= 0.6 is 0 Å². The number of amides is 1. The first kappa shape index (κ1) is 14.6. The van der Waals surface area contributed by atoms with Gasteiger partial charge in [-0.1, -0.05) is 30.3 Å². The molecule has 0 aliphatic rings. The third kappa shape index (κ3) is 5.77. The lowest BCUT2D eigenvalue weighted by molar-refractivity contribution is -0.122. The Morgan fingerprint density at radius 3 is 2.39 bits per heavy atom. The molecular formula is C13H22N4O. The molecule has 0 aliphatic carbocycles. The van der Waals surface area contributed by atoms with Crippen LogP contribution in [0.2, 0.25) is 0 Å². The number of hydrazine groups is 1. The predicted molar refractivity (Wildman–Crippen MR) is 72.6 cm³/mol. The molecule has 0 atom stereocenters. The van der Waals surface area contributed by atoms with E-state index < -0.39 is 0 Å². The molecule has 0 heterocycles. The highest BCUT2D eigenvalue weighted by Crippen LogP contribution is 2.02. The summed E-state index contributed by atoms with van der Waals surface area (Å²) in [5, 5.41) is 0. The lowest BCUT2D eigenvalue weighted by atomic mass is 10.2. The molecular weight excluding hydrogens is 228 g/mol. The van der Waals surface area contributed by atoms with Crippen molar-refractivity contribution < 1.29 is 4.79 Å². The van der Waals surface area contributed by atoms with Crippen LogP contribution in [0.1, 0.15) is 5.56 Å². The molecule has 5 heteroatoms. The number of nitrogens with zero attached hydrogens (tertiary/aromatic N) is 2. The molecule has 1 rings (SSSR count). The number of carbonyl (C=O) groups excluding carboxylic acids is 1. The molecule has 0 unspecified atom stereocenters. The van der Waals surface area contributed by atoms with E-state index in [9.17, 15) is 4.79 Å². The Labute approximate surface area is 109 Å². The van der Waals surface area contributed by atoms with Crippen LogP contribution in [0.5, 0.6) is 0 Å². The van der Waals surface area contributed by atoms with E-state index in [4.69, 9.17) is 5.84 Å². The van der Waals surface area contributed by atoms with E-state index >= 15 is 0 Å². The van der Waals surface area contributed by atoms with Crippen molar-refractivity contribution in [2.45, 2.75) is 6.54 Å². The summed E-state index contributed by atoms with van der Waals surface area (Å²) in [6, 6.07) is 10.3. The van der Waals surface area contributed by atoms with Crippen molar-refractivity contribution in [2.24, 2.45) is 5.84 Å². The van der Waals surface area contributed by atoms with Crippen LogP contribution in [0, 0.1) is 0 Å². The van der Waals surface area contributed by atoms with Crippen LogP contribution in [0.3, 0.4) is 0 Å². The van der Waals surface area contributed by atoms with Crippen LogP contribution in [0.25, 0.3) is 0 Å². The molecule has 5 nitrogen and oxygen atoms in total. The quantitative estimate of drug-likeness (QED) is 0.407. The van der Waals surface area contributed by atoms with Crippen molar-refractivity contribution in [2.75, 3.05) is 33.7 Å². The lowest BCUT2D eigenvalue weighted by Crippen LogP contribution is -2.41. The molecule has 0 saturated carbocycles. The Kier molecular flexibility index (Phi) is 6.35. The van der Waals surface area contributed by atoms with Crippen molar-refractivity contribution in [3.63, 3.8) is 0 Å². The Morgan fingerprint density at radius 2 is 1.78 bits per heavy atom. The lowest BCUT2D eigenvalue weighted by Gasteiger charge is -2.21. The Hall–Kier alpha value is -1.43. The minimum atomic E-state index is -0.164. The fraction of sp³-hybridized carbons (Fsp3) is 0.462. The zero-order valence-electron chi connectivity index (χ0n) is 11.1. The maximum absolute atomic E-state index is 11.1. The van der Waals surface area contributed by atoms with Crippen molar-refractivity contribution in [1.29, 1.82) is 0 Å². The second-order valence-corrected chi connectivity index (χ2v) is 4.53. The summed E-state index contributed by atoms with van der Waals surface area (Å²) >= 11 is 0. The van der Waals surface area contributed by atoms with Gasteiger partial charge in [0.15, 0.2) is 0 Å². The highest BCUT2D eigenvalue weighted by Gasteiger charge is 2.06. The van der Waals surface area contributed by atoms with Gasteiger partial charge in [0.2, 0.25) is 5.91 Å². The van der Waals surface area contributed by atoms with Crippen LogP contribution in [-0.2, 0) is 11.3 Å². The highest BCUT2D eigenvalue weighted by molar-refractivity contribution is 5.77. The zero-order valence-corrected chi connectivity index (χ0v) is 11.1. The van der Waals surface area contributed by atoms with E-state index in [0.29, 0.717) is 6.54 Å². The number of likely N-dealkylation sites (N-methyl/N-ethyl adjacent to an activating group) is 2. The number of benzene rings is 1. The number of carbonyl (C=O) groups is 1. The summed E-state index contributed by atoms with van der Waals surface area (Å²) in [7, 11) is 3.98. The van der Waals surface area contributed by atoms with Gasteiger partial charge in [-0.05, 0) is 19.7 Å². The van der Waals surface area contributed by atoms with Crippen LogP contribution in [0.4, 0.5) is 0 Å². The largest absolute Gasteiger partial charge is 0.301 e. The van der Waals surface area contributed by atoms with Gasteiger partial charge in [0.1, 0.15) is 0 Å². The molecule has 0 aliphatic heterocycles. The van der Waals surface area contributed by atoms with E-state index in [1.165, 1.54) is 5.56 Å². The van der Waals surface area contributed by atoms with Crippen LogP contribution in [0.15, 0.2) is 30.3 Å². The van der Waals surface area contributed by atoms with Gasteiger partial charge < -0.3 is 4.90 Å². The minimum Gasteiger partial charge on any atom is -0.301 e. The van der Waals surface area contributed by atoms with Crippen molar-refractivity contribution >= 4 is 5.91 Å². The number of nitrogens with two attached hydrogens (primary N) is 1. The van der Waals surface area contributed by atoms with Gasteiger partial charge in [0.05, 0.1) is 6.54 Å². The smallest absolute Gasteiger partial charge is 0.248 e. The maximum Gasteiger partial charge on any atom is 0.248 e. The minimum absolute atomic E-state index is 0.164. The summed E-state index contributed by atoms with van der Waals surface area (Å²) in [6.07, 6.45) is 0. The van der Waals surface area contributed by atoms with Crippen LogP contribution in [-0.4, -0.2) is 49.4 Å². The number of nitrogens with one attached hydrogen (secondary N) is 1. The number of hydrogen-bond acceptors (Lipinski definition) is 4. The molecule has 0 aromatic heterocycles. The number of rotatable bonds is 7. The molecule has 1 aromatic rings. The first-order valence-electron chi connectivity index (χ1n) is 6.02. The molecule has 0 bridgehead atoms. The van der Waals surface area contributed by atoms with Gasteiger partial charge in [0.25, 0.3) is 0 Å². The first-order valence-corrected chi connectivity index (χ1v) is 6.02. The molecule has 100 valence electrons. The SMILES string of the molecule is CN(CCN(C)Cc1ccccc1)CC(=O)NN. The second-order valence-electron chi connectivity index (χ2n) is 4.53. The van der Waals surface area contributed by atoms with Crippen molar-refractivity contribution in [3.8, 4) is 0 Å². The molecule has 18 heavy (non-hydrogen) atoms. The van der Waals surface area contributed by atoms with E-state index in [-0.39, 0.29) is 5.91 Å². The summed E-state index contributed by atoms with van der Waals surface area (Å²) in [5.41, 5.74) is 3.42. The molecule has 0 fully saturated rings. The third-order valence-corrected chi connectivity index (χ3v) is 2.73. The Balaban J connectivity index is 2.24. The average Bonchev–Trinajstić information content (AvgIpc) is 2.37. The Morgan fingerprint density at radius 1 is 1.17 bits per heavy atom. The van der Waals surface area contributed by atoms with Gasteiger partial charge in [-0.2, -0.15) is 0 Å². The number of hydrogen-bond donors (Lipinski definition) is 2. The summed E-state index contributed by atoms with van der Waals surface area (Å²) in [6.45, 7) is 2.98. The van der Waals surface area contributed by atoms with E-state index in [2.05, 4.69) is 29.5 Å². The van der Waals surface area contributed by atoms with Gasteiger partial charge in [-0.25, -0.2) is 5.84 Å². The van der Waals surface area contributed by atoms with Gasteiger partial charge >= 0.3 is 0 Å². The molecule has 0 spiro atoms. The first-order chi connectivity index (χ1) is 8.61. The molecule has 3 N–H and O–H groups in total. The fourth-order valence-corrected chi connectivity index (χ4v) is 1.69. The normalized spacial score (nSPS) is 10.9. The Bertz CT molecular complexity index is 355. The molecule has 0 saturated heterocycles. The monoisotopic (exact) mass is 250 g/mol. The topological polar surface area (TPSA) is 61.6 Å². The third-order valence-electron chi connectivity index (χ3n) is 2.73. The van der Waals surface area contributed by atoms with Crippen LogP contribution < -0.4 is 11.3 Å². The molecule has 1 aromatic carbocycles. The van der Waals surface area contributed by atoms with Crippen molar-refractivity contribution in [1.82, 2.24) is 15.2 Å². The standard InChI is InChI=1S/C13H22N4O/c1-16(10-12-6-4-3-5-7-12)8-9-17(2)11-13(18)15-14/h3-7H,8-11,14H2,1-2H3,(H,15,18). The van der Waals surface area contributed by atoms with E-state index in [0.717, 1.165) is 19.6 Å². The predicted octanol–water partition coefficient (Wildman–Crippen LogP) is 0.0401. The summed E-state index contributed by atoms with van der Waals surface area (Å²) in [5.74, 6) is 4.88. The van der Waals surface area contributed by atoms with Gasteiger partial charge in [-0.15, -0.1) is 0 Å². The molecule has 1 amide bonds. The average molecular weight is 250 g/mol.